The fraction of sp³-hybridized carbons (Fsp3) is 0.455. The highest BCUT2D eigenvalue weighted by Gasteiger charge is 2.06. The van der Waals surface area contributed by atoms with E-state index in [0.717, 1.165) is 17.2 Å². The average molecular weight is 228 g/mol. The van der Waals surface area contributed by atoms with E-state index in [1.807, 2.05) is 20.2 Å². The zero-order chi connectivity index (χ0) is 11.3. The third-order valence-electron chi connectivity index (χ3n) is 2.08. The lowest BCUT2D eigenvalue weighted by atomic mass is 10.2. The van der Waals surface area contributed by atoms with Gasteiger partial charge in [-0.25, -0.2) is 4.39 Å². The molecule has 0 saturated heterocycles. The number of nitrogens with two attached hydrogens (primary N) is 1. The van der Waals surface area contributed by atoms with Crippen molar-refractivity contribution in [3.8, 4) is 0 Å². The van der Waals surface area contributed by atoms with Crippen LogP contribution in [-0.4, -0.2) is 31.3 Å². The molecule has 0 aliphatic rings. The van der Waals surface area contributed by atoms with E-state index in [-0.39, 0.29) is 12.4 Å². The van der Waals surface area contributed by atoms with Gasteiger partial charge in [-0.2, -0.15) is 0 Å². The van der Waals surface area contributed by atoms with E-state index in [1.54, 1.807) is 17.8 Å². The molecular formula is C11H17FN2S. The van der Waals surface area contributed by atoms with Crippen molar-refractivity contribution >= 4 is 11.8 Å². The first-order valence-corrected chi connectivity index (χ1v) is 5.88. The van der Waals surface area contributed by atoms with Gasteiger partial charge in [-0.05, 0) is 26.2 Å². The number of thioether (sulfide) groups is 1. The molecule has 15 heavy (non-hydrogen) atoms. The van der Waals surface area contributed by atoms with Crippen molar-refractivity contribution < 1.29 is 4.39 Å². The van der Waals surface area contributed by atoms with Crippen LogP contribution in [0.5, 0.6) is 0 Å². The van der Waals surface area contributed by atoms with Crippen LogP contribution in [-0.2, 0) is 6.54 Å². The number of halogens is 1. The molecule has 2 N–H and O–H groups in total. The summed E-state index contributed by atoms with van der Waals surface area (Å²) in [5, 5.41) is 0. The summed E-state index contributed by atoms with van der Waals surface area (Å²) in [7, 11) is 4.05. The van der Waals surface area contributed by atoms with Gasteiger partial charge in [0, 0.05) is 29.3 Å². The minimum atomic E-state index is -0.202. The highest BCUT2D eigenvalue weighted by Crippen LogP contribution is 2.24. The molecule has 0 aliphatic carbocycles. The van der Waals surface area contributed by atoms with E-state index < -0.39 is 0 Å². The molecule has 0 atom stereocenters. The second-order valence-electron chi connectivity index (χ2n) is 3.57. The van der Waals surface area contributed by atoms with Crippen molar-refractivity contribution in [1.82, 2.24) is 4.90 Å². The molecule has 0 fully saturated rings. The Kier molecular flexibility index (Phi) is 5.08. The summed E-state index contributed by atoms with van der Waals surface area (Å²) in [4.78, 5) is 3.06. The van der Waals surface area contributed by atoms with Gasteiger partial charge < -0.3 is 10.6 Å². The van der Waals surface area contributed by atoms with Gasteiger partial charge in [0.25, 0.3) is 0 Å². The SMILES string of the molecule is CN(C)CCSc1cccc(F)c1CN. The number of hydrogen-bond donors (Lipinski definition) is 1. The Morgan fingerprint density at radius 3 is 2.73 bits per heavy atom. The number of rotatable bonds is 5. The van der Waals surface area contributed by atoms with Crippen LogP contribution in [0.2, 0.25) is 0 Å². The Morgan fingerprint density at radius 2 is 2.13 bits per heavy atom. The molecule has 4 heteroatoms. The summed E-state index contributed by atoms with van der Waals surface area (Å²) in [5.74, 6) is 0.746. The molecule has 2 nitrogen and oxygen atoms in total. The summed E-state index contributed by atoms with van der Waals surface area (Å²) in [6.07, 6.45) is 0. The van der Waals surface area contributed by atoms with Gasteiger partial charge in [0.1, 0.15) is 5.82 Å². The Hall–Kier alpha value is -0.580. The van der Waals surface area contributed by atoms with Gasteiger partial charge in [-0.3, -0.25) is 0 Å². The topological polar surface area (TPSA) is 29.3 Å². The highest BCUT2D eigenvalue weighted by molar-refractivity contribution is 7.99. The van der Waals surface area contributed by atoms with Gasteiger partial charge in [0.05, 0.1) is 0 Å². The maximum absolute atomic E-state index is 13.3. The van der Waals surface area contributed by atoms with Crippen LogP contribution in [0.4, 0.5) is 4.39 Å². The molecule has 0 aliphatic heterocycles. The minimum absolute atomic E-state index is 0.202. The number of hydrogen-bond acceptors (Lipinski definition) is 3. The molecule has 0 amide bonds. The maximum atomic E-state index is 13.3. The summed E-state index contributed by atoms with van der Waals surface area (Å²) in [6, 6.07) is 5.11. The van der Waals surface area contributed by atoms with Crippen molar-refractivity contribution in [2.45, 2.75) is 11.4 Å². The Morgan fingerprint density at radius 1 is 1.40 bits per heavy atom. The first-order chi connectivity index (χ1) is 7.15. The van der Waals surface area contributed by atoms with E-state index in [4.69, 9.17) is 5.73 Å². The number of nitrogens with zero attached hydrogens (tertiary/aromatic N) is 1. The molecule has 0 spiro atoms. The van der Waals surface area contributed by atoms with E-state index in [0.29, 0.717) is 5.56 Å². The predicted molar refractivity (Wildman–Crippen MR) is 63.6 cm³/mol. The molecule has 1 aromatic carbocycles. The molecular weight excluding hydrogens is 211 g/mol. The Bertz CT molecular complexity index is 315. The Balaban J connectivity index is 2.64. The fourth-order valence-corrected chi connectivity index (χ4v) is 2.42. The van der Waals surface area contributed by atoms with Crippen molar-refractivity contribution in [1.29, 1.82) is 0 Å². The lowest BCUT2D eigenvalue weighted by Gasteiger charge is -2.11. The van der Waals surface area contributed by atoms with Crippen LogP contribution in [0.15, 0.2) is 23.1 Å². The molecule has 0 radical (unpaired) electrons. The third kappa shape index (κ3) is 3.81. The standard InChI is InChI=1S/C11H17FN2S/c1-14(2)6-7-15-11-5-3-4-10(12)9(11)8-13/h3-5H,6-8,13H2,1-2H3. The van der Waals surface area contributed by atoms with E-state index in [2.05, 4.69) is 4.90 Å². The van der Waals surface area contributed by atoms with E-state index in [9.17, 15) is 4.39 Å². The minimum Gasteiger partial charge on any atom is -0.326 e. The largest absolute Gasteiger partial charge is 0.326 e. The van der Waals surface area contributed by atoms with Crippen LogP contribution >= 0.6 is 11.8 Å². The Labute approximate surface area is 94.6 Å². The van der Waals surface area contributed by atoms with Crippen LogP contribution in [0, 0.1) is 5.82 Å². The average Bonchev–Trinajstić information content (AvgIpc) is 2.17. The lowest BCUT2D eigenvalue weighted by Crippen LogP contribution is -2.15. The van der Waals surface area contributed by atoms with Crippen molar-refractivity contribution in [3.05, 3.63) is 29.6 Å². The molecule has 84 valence electrons. The highest BCUT2D eigenvalue weighted by atomic mass is 32.2. The molecule has 0 bridgehead atoms. The second kappa shape index (κ2) is 6.10. The third-order valence-corrected chi connectivity index (χ3v) is 3.16. The summed E-state index contributed by atoms with van der Waals surface area (Å²) in [6.45, 7) is 1.24. The van der Waals surface area contributed by atoms with E-state index in [1.165, 1.54) is 6.07 Å². The second-order valence-corrected chi connectivity index (χ2v) is 4.71. The molecule has 1 rings (SSSR count). The lowest BCUT2D eigenvalue weighted by molar-refractivity contribution is 0.437. The van der Waals surface area contributed by atoms with Gasteiger partial charge in [-0.15, -0.1) is 11.8 Å². The summed E-state index contributed by atoms with van der Waals surface area (Å²) in [5.41, 5.74) is 6.15. The molecule has 0 aromatic heterocycles. The molecule has 0 unspecified atom stereocenters. The van der Waals surface area contributed by atoms with Crippen molar-refractivity contribution in [2.75, 3.05) is 26.4 Å². The van der Waals surface area contributed by atoms with Gasteiger partial charge in [0.2, 0.25) is 0 Å². The summed E-state index contributed by atoms with van der Waals surface area (Å²) >= 11 is 1.65. The molecule has 0 heterocycles. The zero-order valence-corrected chi connectivity index (χ0v) is 9.98. The molecule has 0 saturated carbocycles. The van der Waals surface area contributed by atoms with Crippen molar-refractivity contribution in [2.24, 2.45) is 5.73 Å². The van der Waals surface area contributed by atoms with Gasteiger partial charge >= 0.3 is 0 Å². The smallest absolute Gasteiger partial charge is 0.128 e. The van der Waals surface area contributed by atoms with Crippen molar-refractivity contribution in [3.63, 3.8) is 0 Å². The number of benzene rings is 1. The fourth-order valence-electron chi connectivity index (χ4n) is 1.21. The first kappa shape index (κ1) is 12.5. The van der Waals surface area contributed by atoms with Crippen LogP contribution in [0.1, 0.15) is 5.56 Å². The van der Waals surface area contributed by atoms with Gasteiger partial charge in [0.15, 0.2) is 0 Å². The van der Waals surface area contributed by atoms with E-state index >= 15 is 0 Å². The van der Waals surface area contributed by atoms with Gasteiger partial charge in [-0.1, -0.05) is 6.07 Å². The quantitative estimate of drug-likeness (QED) is 0.781. The monoisotopic (exact) mass is 228 g/mol. The normalized spacial score (nSPS) is 11.0. The molecule has 1 aromatic rings. The predicted octanol–water partition coefficient (Wildman–Crippen LogP) is 1.94. The van der Waals surface area contributed by atoms with Crippen LogP contribution in [0.25, 0.3) is 0 Å². The summed E-state index contributed by atoms with van der Waals surface area (Å²) < 4.78 is 13.3. The van der Waals surface area contributed by atoms with Crippen LogP contribution in [0.3, 0.4) is 0 Å². The van der Waals surface area contributed by atoms with Crippen LogP contribution < -0.4 is 5.73 Å². The maximum Gasteiger partial charge on any atom is 0.128 e. The zero-order valence-electron chi connectivity index (χ0n) is 9.16. The first-order valence-electron chi connectivity index (χ1n) is 4.90.